The normalized spacial score (nSPS) is 9.79. The minimum Gasteiger partial charge on any atom is -0.476 e. The molecule has 0 saturated heterocycles. The molecule has 0 saturated carbocycles. The number of nitrogens with zero attached hydrogens (tertiary/aromatic N) is 2. The molecule has 0 aromatic carbocycles. The summed E-state index contributed by atoms with van der Waals surface area (Å²) in [5.41, 5.74) is -0.150. The van der Waals surface area contributed by atoms with Crippen LogP contribution in [0, 0.1) is 0 Å². The second-order valence-electron chi connectivity index (χ2n) is 2.44. The summed E-state index contributed by atoms with van der Waals surface area (Å²) in [7, 11) is 0. The molecule has 0 radical (unpaired) electrons. The molecule has 1 rings (SSSR count). The van der Waals surface area contributed by atoms with Crippen LogP contribution in [-0.4, -0.2) is 34.3 Å². The quantitative estimate of drug-likeness (QED) is 0.715. The van der Waals surface area contributed by atoms with Crippen LogP contribution in [0.3, 0.4) is 0 Å². The maximum atomic E-state index is 11.7. The molecule has 1 aromatic heterocycles. The minimum atomic E-state index is -1.15. The van der Waals surface area contributed by atoms with Crippen molar-refractivity contribution in [2.24, 2.45) is 0 Å². The highest BCUT2D eigenvalue weighted by molar-refractivity contribution is 5.84. The number of halogens is 1. The zero-order chi connectivity index (χ0) is 10.4. The van der Waals surface area contributed by atoms with Gasteiger partial charge in [-0.1, -0.05) is 0 Å². The molecule has 0 spiro atoms. The van der Waals surface area contributed by atoms with Gasteiger partial charge in [-0.15, -0.1) is 0 Å². The number of rotatable bonds is 5. The van der Waals surface area contributed by atoms with Crippen LogP contribution < -0.4 is 4.74 Å². The number of aromatic nitrogens is 2. The number of carboxylic acids is 1. The molecule has 1 N–H and O–H groups in total. The predicted molar refractivity (Wildman–Crippen MR) is 45.1 cm³/mol. The summed E-state index contributed by atoms with van der Waals surface area (Å²) in [6.07, 6.45) is 2.57. The Labute approximate surface area is 79.6 Å². The van der Waals surface area contributed by atoms with Crippen molar-refractivity contribution in [3.05, 3.63) is 18.1 Å². The summed E-state index contributed by atoms with van der Waals surface area (Å²) < 4.78 is 16.6. The number of hydrogen-bond acceptors (Lipinski definition) is 4. The molecular weight excluding hydrogens is 191 g/mol. The summed E-state index contributed by atoms with van der Waals surface area (Å²) in [5, 5.41) is 8.50. The fourth-order valence-electron chi connectivity index (χ4n) is 0.732. The molecule has 0 aliphatic carbocycles. The molecule has 14 heavy (non-hydrogen) atoms. The Balaban J connectivity index is 2.51. The first-order chi connectivity index (χ1) is 6.74. The molecular formula is C8H9FN2O3. The Morgan fingerprint density at radius 3 is 2.79 bits per heavy atom. The Morgan fingerprint density at radius 1 is 1.50 bits per heavy atom. The first-order valence-electron chi connectivity index (χ1n) is 3.98. The standard InChI is InChI=1S/C8H9FN2O3/c9-2-1-3-14-7-5-10-6(4-11-7)8(12)13/h4-5H,1-3H2,(H,12,13). The fourth-order valence-corrected chi connectivity index (χ4v) is 0.732. The number of carbonyl (C=O) groups is 1. The number of carboxylic acid groups (broad SMARTS) is 1. The van der Waals surface area contributed by atoms with Crippen LogP contribution in [-0.2, 0) is 0 Å². The molecule has 0 fully saturated rings. The monoisotopic (exact) mass is 200 g/mol. The summed E-state index contributed by atoms with van der Waals surface area (Å²) >= 11 is 0. The van der Waals surface area contributed by atoms with Gasteiger partial charge in [0, 0.05) is 6.42 Å². The van der Waals surface area contributed by atoms with Gasteiger partial charge in [0.1, 0.15) is 0 Å². The molecule has 1 aromatic rings. The van der Waals surface area contributed by atoms with Crippen molar-refractivity contribution < 1.29 is 19.0 Å². The van der Waals surface area contributed by atoms with Gasteiger partial charge in [0.2, 0.25) is 5.88 Å². The van der Waals surface area contributed by atoms with E-state index in [2.05, 4.69) is 9.97 Å². The highest BCUT2D eigenvalue weighted by atomic mass is 19.1. The van der Waals surface area contributed by atoms with Gasteiger partial charge in [-0.25, -0.2) is 14.8 Å². The minimum absolute atomic E-state index is 0.150. The second kappa shape index (κ2) is 5.11. The van der Waals surface area contributed by atoms with E-state index in [4.69, 9.17) is 9.84 Å². The lowest BCUT2D eigenvalue weighted by molar-refractivity contribution is 0.0690. The van der Waals surface area contributed by atoms with Gasteiger partial charge in [-0.2, -0.15) is 0 Å². The van der Waals surface area contributed by atoms with Gasteiger partial charge >= 0.3 is 5.97 Å². The molecule has 0 aliphatic rings. The second-order valence-corrected chi connectivity index (χ2v) is 2.44. The van der Waals surface area contributed by atoms with E-state index in [1.807, 2.05) is 0 Å². The van der Waals surface area contributed by atoms with Crippen LogP contribution in [0.4, 0.5) is 4.39 Å². The van der Waals surface area contributed by atoms with Gasteiger partial charge < -0.3 is 9.84 Å². The molecule has 76 valence electrons. The lowest BCUT2D eigenvalue weighted by Gasteiger charge is -2.02. The van der Waals surface area contributed by atoms with Crippen molar-refractivity contribution in [2.75, 3.05) is 13.3 Å². The van der Waals surface area contributed by atoms with E-state index in [9.17, 15) is 9.18 Å². The van der Waals surface area contributed by atoms with Crippen LogP contribution in [0.15, 0.2) is 12.4 Å². The first-order valence-corrected chi connectivity index (χ1v) is 3.98. The van der Waals surface area contributed by atoms with Crippen LogP contribution in [0.25, 0.3) is 0 Å². The Kier molecular flexibility index (Phi) is 3.78. The molecule has 0 aliphatic heterocycles. The van der Waals surface area contributed by atoms with E-state index in [1.54, 1.807) is 0 Å². The molecule has 0 atom stereocenters. The van der Waals surface area contributed by atoms with Crippen LogP contribution >= 0.6 is 0 Å². The summed E-state index contributed by atoms with van der Waals surface area (Å²) in [6.45, 7) is -0.252. The summed E-state index contributed by atoms with van der Waals surface area (Å²) in [5.74, 6) is -0.948. The zero-order valence-electron chi connectivity index (χ0n) is 7.31. The van der Waals surface area contributed by atoms with E-state index in [0.717, 1.165) is 6.20 Å². The van der Waals surface area contributed by atoms with Gasteiger partial charge in [-0.05, 0) is 0 Å². The topological polar surface area (TPSA) is 72.3 Å². The third-order valence-corrected chi connectivity index (χ3v) is 1.38. The SMILES string of the molecule is O=C(O)c1cnc(OCCCF)cn1. The number of alkyl halides is 1. The lowest BCUT2D eigenvalue weighted by atomic mass is 10.4. The number of ether oxygens (including phenoxy) is 1. The van der Waals surface area contributed by atoms with Gasteiger partial charge in [0.05, 0.1) is 25.7 Å². The summed E-state index contributed by atoms with van der Waals surface area (Å²) in [4.78, 5) is 17.6. The lowest BCUT2D eigenvalue weighted by Crippen LogP contribution is -2.04. The molecule has 1 heterocycles. The van der Waals surface area contributed by atoms with Crippen molar-refractivity contribution in [1.82, 2.24) is 9.97 Å². The van der Waals surface area contributed by atoms with Crippen molar-refractivity contribution in [3.8, 4) is 5.88 Å². The van der Waals surface area contributed by atoms with Crippen molar-refractivity contribution in [2.45, 2.75) is 6.42 Å². The molecule has 0 unspecified atom stereocenters. The molecule has 6 heteroatoms. The predicted octanol–water partition coefficient (Wildman–Crippen LogP) is 0.913. The zero-order valence-corrected chi connectivity index (χ0v) is 7.31. The molecule has 0 amide bonds. The third-order valence-electron chi connectivity index (χ3n) is 1.38. The Bertz CT molecular complexity index is 302. The van der Waals surface area contributed by atoms with E-state index in [-0.39, 0.29) is 24.6 Å². The van der Waals surface area contributed by atoms with Gasteiger partial charge in [0.15, 0.2) is 5.69 Å². The first kappa shape index (κ1) is 10.4. The van der Waals surface area contributed by atoms with Crippen LogP contribution in [0.5, 0.6) is 5.88 Å². The maximum Gasteiger partial charge on any atom is 0.356 e. The maximum absolute atomic E-state index is 11.7. The van der Waals surface area contributed by atoms with Crippen molar-refractivity contribution >= 4 is 5.97 Å². The Hall–Kier alpha value is -1.72. The largest absolute Gasteiger partial charge is 0.476 e. The van der Waals surface area contributed by atoms with Gasteiger partial charge in [0.25, 0.3) is 0 Å². The van der Waals surface area contributed by atoms with Crippen molar-refractivity contribution in [1.29, 1.82) is 0 Å². The highest BCUT2D eigenvalue weighted by Crippen LogP contribution is 2.04. The van der Waals surface area contributed by atoms with Crippen LogP contribution in [0.2, 0.25) is 0 Å². The average Bonchev–Trinajstić information content (AvgIpc) is 2.19. The van der Waals surface area contributed by atoms with Crippen LogP contribution in [0.1, 0.15) is 16.9 Å². The third kappa shape index (κ3) is 2.96. The summed E-state index contributed by atoms with van der Waals surface area (Å²) in [6, 6.07) is 0. The van der Waals surface area contributed by atoms with E-state index >= 15 is 0 Å². The average molecular weight is 200 g/mol. The number of hydrogen-bond donors (Lipinski definition) is 1. The van der Waals surface area contributed by atoms with E-state index < -0.39 is 12.6 Å². The number of aromatic carboxylic acids is 1. The molecule has 5 nitrogen and oxygen atoms in total. The fraction of sp³-hybridized carbons (Fsp3) is 0.375. The van der Waals surface area contributed by atoms with Crippen molar-refractivity contribution in [3.63, 3.8) is 0 Å². The van der Waals surface area contributed by atoms with E-state index in [1.165, 1.54) is 6.20 Å². The highest BCUT2D eigenvalue weighted by Gasteiger charge is 2.04. The Morgan fingerprint density at radius 2 is 2.29 bits per heavy atom. The smallest absolute Gasteiger partial charge is 0.356 e. The van der Waals surface area contributed by atoms with Gasteiger partial charge in [-0.3, -0.25) is 4.39 Å². The molecule has 0 bridgehead atoms. The van der Waals surface area contributed by atoms with E-state index in [0.29, 0.717) is 0 Å².